The van der Waals surface area contributed by atoms with Gasteiger partial charge in [0.15, 0.2) is 4.34 Å². The monoisotopic (exact) mass is 271 g/mol. The van der Waals surface area contributed by atoms with Crippen LogP contribution < -0.4 is 5.32 Å². The van der Waals surface area contributed by atoms with E-state index >= 15 is 0 Å². The molecule has 2 aromatic rings. The Hall–Kier alpha value is -0.430. The molecule has 6 heteroatoms. The first-order chi connectivity index (χ1) is 7.84. The largest absolute Gasteiger partial charge is 0.311 e. The van der Waals surface area contributed by atoms with E-state index in [2.05, 4.69) is 33.7 Å². The van der Waals surface area contributed by atoms with Crippen LogP contribution in [-0.4, -0.2) is 21.7 Å². The number of aromatic nitrogens is 2. The van der Waals surface area contributed by atoms with E-state index in [1.165, 1.54) is 21.3 Å². The summed E-state index contributed by atoms with van der Waals surface area (Å²) in [5.41, 5.74) is 0. The van der Waals surface area contributed by atoms with Crippen LogP contribution in [0.25, 0.3) is 0 Å². The van der Waals surface area contributed by atoms with Gasteiger partial charge in [-0.05, 0) is 30.6 Å². The molecule has 16 heavy (non-hydrogen) atoms. The van der Waals surface area contributed by atoms with Crippen molar-refractivity contribution in [3.05, 3.63) is 28.2 Å². The van der Waals surface area contributed by atoms with Gasteiger partial charge >= 0.3 is 0 Å². The Morgan fingerprint density at radius 3 is 3.06 bits per heavy atom. The number of aryl methyl sites for hydroxylation is 1. The van der Waals surface area contributed by atoms with Gasteiger partial charge in [-0.15, -0.1) is 11.3 Å². The van der Waals surface area contributed by atoms with Crippen molar-refractivity contribution in [2.45, 2.75) is 17.8 Å². The summed E-state index contributed by atoms with van der Waals surface area (Å²) in [6, 6.07) is 4.35. The van der Waals surface area contributed by atoms with Gasteiger partial charge in [0.1, 0.15) is 6.33 Å². The molecule has 0 amide bonds. The van der Waals surface area contributed by atoms with Gasteiger partial charge in [0, 0.05) is 28.6 Å². The Kier molecular flexibility index (Phi) is 4.77. The molecule has 0 fully saturated rings. The van der Waals surface area contributed by atoms with Crippen molar-refractivity contribution in [3.8, 4) is 0 Å². The van der Waals surface area contributed by atoms with Gasteiger partial charge in [0.05, 0.1) is 0 Å². The summed E-state index contributed by atoms with van der Waals surface area (Å²) in [5, 5.41) is 3.42. The van der Waals surface area contributed by atoms with Crippen molar-refractivity contribution in [1.82, 2.24) is 14.7 Å². The molecule has 2 heterocycles. The van der Waals surface area contributed by atoms with Gasteiger partial charge in [-0.1, -0.05) is 11.8 Å². The minimum atomic E-state index is 0.967. The number of thiophene rings is 1. The number of hydrogen-bond donors (Lipinski definition) is 1. The zero-order chi connectivity index (χ0) is 11.2. The van der Waals surface area contributed by atoms with E-state index in [1.54, 1.807) is 18.1 Å². The zero-order valence-corrected chi connectivity index (χ0v) is 11.4. The van der Waals surface area contributed by atoms with Crippen LogP contribution >= 0.6 is 34.6 Å². The van der Waals surface area contributed by atoms with E-state index < -0.39 is 0 Å². The number of rotatable bonds is 6. The maximum absolute atomic E-state index is 4.12. The fourth-order valence-corrected chi connectivity index (χ4v) is 3.50. The molecule has 0 spiro atoms. The minimum absolute atomic E-state index is 0.967. The van der Waals surface area contributed by atoms with Crippen LogP contribution in [0.1, 0.15) is 9.75 Å². The highest BCUT2D eigenvalue weighted by Crippen LogP contribution is 2.17. The highest BCUT2D eigenvalue weighted by atomic mass is 32.2. The van der Waals surface area contributed by atoms with Crippen molar-refractivity contribution < 1.29 is 0 Å². The number of nitrogens with zero attached hydrogens (tertiary/aromatic N) is 2. The van der Waals surface area contributed by atoms with E-state index in [0.29, 0.717) is 0 Å². The Bertz CT molecular complexity index is 411. The average Bonchev–Trinajstić information content (AvgIpc) is 2.89. The second-order valence-electron chi connectivity index (χ2n) is 3.24. The molecule has 86 valence electrons. The summed E-state index contributed by atoms with van der Waals surface area (Å²) in [5.74, 6) is 1.04. The van der Waals surface area contributed by atoms with Crippen molar-refractivity contribution in [3.63, 3.8) is 0 Å². The lowest BCUT2D eigenvalue weighted by atomic mass is 10.4. The van der Waals surface area contributed by atoms with Crippen molar-refractivity contribution >= 4 is 34.6 Å². The molecular formula is C10H13N3S3. The lowest BCUT2D eigenvalue weighted by molar-refractivity contribution is 0.741. The predicted octanol–water partition coefficient (Wildman–Crippen LogP) is 2.79. The fraction of sp³-hybridized carbons (Fsp3) is 0.400. The van der Waals surface area contributed by atoms with Gasteiger partial charge in [-0.2, -0.15) is 4.37 Å². The highest BCUT2D eigenvalue weighted by Gasteiger charge is 1.98. The maximum atomic E-state index is 4.12. The van der Waals surface area contributed by atoms with Crippen LogP contribution in [0.15, 0.2) is 22.8 Å². The summed E-state index contributed by atoms with van der Waals surface area (Å²) < 4.78 is 5.01. The second-order valence-corrected chi connectivity index (χ2v) is 6.74. The van der Waals surface area contributed by atoms with Gasteiger partial charge in [0.2, 0.25) is 0 Å². The summed E-state index contributed by atoms with van der Waals surface area (Å²) in [7, 11) is 0. The van der Waals surface area contributed by atoms with Gasteiger partial charge in [-0.25, -0.2) is 4.98 Å². The second kappa shape index (κ2) is 6.34. The summed E-state index contributed by atoms with van der Waals surface area (Å²) in [6.45, 7) is 4.11. The number of nitrogens with one attached hydrogen (secondary N) is 1. The Morgan fingerprint density at radius 2 is 2.38 bits per heavy atom. The number of thioether (sulfide) groups is 1. The molecule has 0 radical (unpaired) electrons. The molecule has 3 nitrogen and oxygen atoms in total. The van der Waals surface area contributed by atoms with Gasteiger partial charge < -0.3 is 5.32 Å². The quantitative estimate of drug-likeness (QED) is 0.647. The van der Waals surface area contributed by atoms with E-state index in [9.17, 15) is 0 Å². The molecule has 0 saturated carbocycles. The lowest BCUT2D eigenvalue weighted by Gasteiger charge is -2.00. The van der Waals surface area contributed by atoms with Crippen molar-refractivity contribution in [2.75, 3.05) is 12.3 Å². The first-order valence-electron chi connectivity index (χ1n) is 5.00. The van der Waals surface area contributed by atoms with E-state index in [4.69, 9.17) is 0 Å². The molecule has 2 aromatic heterocycles. The fourth-order valence-electron chi connectivity index (χ4n) is 1.23. The van der Waals surface area contributed by atoms with E-state index in [0.717, 1.165) is 23.2 Å². The molecule has 0 atom stereocenters. The van der Waals surface area contributed by atoms with Gasteiger partial charge in [0.25, 0.3) is 0 Å². The third-order valence-corrected chi connectivity index (χ3v) is 4.74. The zero-order valence-electron chi connectivity index (χ0n) is 8.97. The standard InChI is InChI=1S/C10H13N3S3/c1-8-2-3-9(15-8)6-11-4-5-14-10-12-7-13-16-10/h2-3,7,11H,4-6H2,1H3. The molecule has 1 N–H and O–H groups in total. The highest BCUT2D eigenvalue weighted by molar-refractivity contribution is 8.00. The molecule has 0 saturated heterocycles. The maximum Gasteiger partial charge on any atom is 0.169 e. The summed E-state index contributed by atoms with van der Waals surface area (Å²) in [4.78, 5) is 6.90. The van der Waals surface area contributed by atoms with E-state index in [-0.39, 0.29) is 0 Å². The van der Waals surface area contributed by atoms with Crippen molar-refractivity contribution in [2.24, 2.45) is 0 Å². The summed E-state index contributed by atoms with van der Waals surface area (Å²) >= 11 is 5.06. The molecule has 0 aliphatic rings. The van der Waals surface area contributed by atoms with Crippen LogP contribution in [0, 0.1) is 6.92 Å². The first-order valence-corrected chi connectivity index (χ1v) is 7.57. The lowest BCUT2D eigenvalue weighted by Crippen LogP contribution is -2.15. The Morgan fingerprint density at radius 1 is 1.44 bits per heavy atom. The minimum Gasteiger partial charge on any atom is -0.311 e. The third kappa shape index (κ3) is 3.86. The molecule has 2 rings (SSSR count). The van der Waals surface area contributed by atoms with E-state index in [1.807, 2.05) is 11.3 Å². The predicted molar refractivity (Wildman–Crippen MR) is 71.4 cm³/mol. The van der Waals surface area contributed by atoms with Crippen LogP contribution in [0.2, 0.25) is 0 Å². The molecule has 0 aromatic carbocycles. The van der Waals surface area contributed by atoms with Crippen LogP contribution in [0.5, 0.6) is 0 Å². The normalized spacial score (nSPS) is 10.8. The molecule has 0 aliphatic carbocycles. The Labute approximate surface area is 107 Å². The van der Waals surface area contributed by atoms with Crippen LogP contribution in [0.3, 0.4) is 0 Å². The first kappa shape index (κ1) is 12.0. The van der Waals surface area contributed by atoms with Gasteiger partial charge in [-0.3, -0.25) is 0 Å². The van der Waals surface area contributed by atoms with Crippen LogP contribution in [0.4, 0.5) is 0 Å². The average molecular weight is 271 g/mol. The third-order valence-electron chi connectivity index (χ3n) is 1.94. The van der Waals surface area contributed by atoms with Crippen LogP contribution in [-0.2, 0) is 6.54 Å². The summed E-state index contributed by atoms with van der Waals surface area (Å²) in [6.07, 6.45) is 1.61. The Balaban J connectivity index is 1.59. The number of hydrogen-bond acceptors (Lipinski definition) is 6. The SMILES string of the molecule is Cc1ccc(CNCCSc2ncns2)s1. The molecule has 0 bridgehead atoms. The molecule has 0 aliphatic heterocycles. The molecular weight excluding hydrogens is 258 g/mol. The topological polar surface area (TPSA) is 37.8 Å². The molecule has 0 unspecified atom stereocenters. The van der Waals surface area contributed by atoms with Crippen molar-refractivity contribution in [1.29, 1.82) is 0 Å². The smallest absolute Gasteiger partial charge is 0.169 e.